The first-order valence-electron chi connectivity index (χ1n) is 25.0. The molecule has 2 saturated heterocycles. The lowest BCUT2D eigenvalue weighted by Crippen LogP contribution is -2.36. The van der Waals surface area contributed by atoms with Gasteiger partial charge in [0.05, 0.1) is 18.4 Å². The summed E-state index contributed by atoms with van der Waals surface area (Å²) in [7, 11) is 0. The molecule has 0 aromatic heterocycles. The van der Waals surface area contributed by atoms with Crippen LogP contribution in [0.1, 0.15) is 124 Å². The van der Waals surface area contributed by atoms with Crippen LogP contribution >= 0.6 is 0 Å². The Morgan fingerprint density at radius 1 is 0.578 bits per heavy atom. The Bertz CT molecular complexity index is 2130. The average Bonchev–Trinajstić information content (AvgIpc) is 3.27. The Kier molecular flexibility index (Phi) is 16.7. The Morgan fingerprint density at radius 2 is 0.984 bits per heavy atom. The first kappa shape index (κ1) is 47.8. The maximum absolute atomic E-state index is 12.0. The summed E-state index contributed by atoms with van der Waals surface area (Å²) >= 11 is 0. The number of piperidine rings is 2. The summed E-state index contributed by atoms with van der Waals surface area (Å²) in [5.41, 5.74) is 2.61. The molecule has 0 radical (unpaired) electrons. The number of fused-ring (bicyclic) bond motifs is 2. The van der Waals surface area contributed by atoms with Crippen LogP contribution in [0.4, 0.5) is 0 Å². The molecule has 8 heteroatoms. The number of rotatable bonds is 13. The van der Waals surface area contributed by atoms with E-state index in [4.69, 9.17) is 14.2 Å². The molecule has 2 unspecified atom stereocenters. The highest BCUT2D eigenvalue weighted by molar-refractivity contribution is 5.85. The van der Waals surface area contributed by atoms with Gasteiger partial charge in [0.2, 0.25) is 0 Å². The lowest BCUT2D eigenvalue weighted by Gasteiger charge is -2.37. The zero-order valence-electron chi connectivity index (χ0n) is 40.1. The Hall–Kier alpha value is -4.14. The Balaban J connectivity index is 0.000000192. The van der Waals surface area contributed by atoms with E-state index in [0.29, 0.717) is 42.5 Å². The number of carbonyl (C=O) groups excluding carboxylic acids is 1. The molecule has 8 rings (SSSR count). The topological polar surface area (TPSA) is 88.5 Å². The molecule has 8 nitrogen and oxygen atoms in total. The summed E-state index contributed by atoms with van der Waals surface area (Å²) in [6, 6.07) is 26.5. The number of likely N-dealkylation sites (tertiary alicyclic amines) is 2. The molecule has 6 atom stereocenters. The number of nitrogens with zero attached hydrogens (tertiary/aromatic N) is 2. The number of carbonyl (C=O) groups is 2. The third-order valence-corrected chi connectivity index (χ3v) is 15.2. The maximum Gasteiger partial charge on any atom is 0.309 e. The van der Waals surface area contributed by atoms with Crippen molar-refractivity contribution in [2.45, 2.75) is 138 Å². The van der Waals surface area contributed by atoms with Crippen LogP contribution in [0.15, 0.2) is 72.8 Å². The molecule has 0 bridgehead atoms. The van der Waals surface area contributed by atoms with Crippen molar-refractivity contribution in [1.82, 2.24) is 9.80 Å². The van der Waals surface area contributed by atoms with Crippen LogP contribution in [-0.4, -0.2) is 71.8 Å². The van der Waals surface area contributed by atoms with Gasteiger partial charge in [-0.3, -0.25) is 19.4 Å². The first-order valence-corrected chi connectivity index (χ1v) is 25.0. The van der Waals surface area contributed by atoms with Gasteiger partial charge in [-0.05, 0) is 189 Å². The number of ether oxygens (including phenoxy) is 3. The monoisotopic (exact) mass is 875 g/mol. The van der Waals surface area contributed by atoms with Gasteiger partial charge in [0.15, 0.2) is 0 Å². The second-order valence-corrected chi connectivity index (χ2v) is 20.8. The fourth-order valence-electron chi connectivity index (χ4n) is 11.2. The number of hydrogen-bond acceptors (Lipinski definition) is 7. The number of carboxylic acids is 1. The second-order valence-electron chi connectivity index (χ2n) is 20.8. The van der Waals surface area contributed by atoms with E-state index >= 15 is 0 Å². The van der Waals surface area contributed by atoms with E-state index in [1.807, 2.05) is 6.92 Å². The quantitative estimate of drug-likeness (QED) is 0.133. The van der Waals surface area contributed by atoms with E-state index < -0.39 is 5.97 Å². The second kappa shape index (κ2) is 22.4. The van der Waals surface area contributed by atoms with Gasteiger partial charge in [-0.25, -0.2) is 0 Å². The van der Waals surface area contributed by atoms with Crippen LogP contribution in [0.25, 0.3) is 21.5 Å². The summed E-state index contributed by atoms with van der Waals surface area (Å²) in [6.07, 6.45) is 11.4. The fourth-order valence-corrected chi connectivity index (χ4v) is 11.2. The smallest absolute Gasteiger partial charge is 0.309 e. The van der Waals surface area contributed by atoms with Crippen LogP contribution in [-0.2, 0) is 27.4 Å². The number of aliphatic carboxylic acids is 1. The molecule has 2 heterocycles. The van der Waals surface area contributed by atoms with E-state index in [0.717, 1.165) is 101 Å². The van der Waals surface area contributed by atoms with E-state index in [1.165, 1.54) is 58.4 Å². The van der Waals surface area contributed by atoms with Crippen LogP contribution < -0.4 is 9.47 Å². The normalized spacial score (nSPS) is 25.3. The van der Waals surface area contributed by atoms with Crippen molar-refractivity contribution in [2.75, 3.05) is 32.8 Å². The Labute approximate surface area is 384 Å². The van der Waals surface area contributed by atoms with Crippen LogP contribution in [0.5, 0.6) is 11.5 Å². The molecule has 4 fully saturated rings. The summed E-state index contributed by atoms with van der Waals surface area (Å²) in [5, 5.41) is 14.1. The van der Waals surface area contributed by atoms with E-state index in [1.54, 1.807) is 0 Å². The van der Waals surface area contributed by atoms with Crippen molar-refractivity contribution >= 4 is 33.5 Å². The highest BCUT2D eigenvalue weighted by atomic mass is 16.5. The summed E-state index contributed by atoms with van der Waals surface area (Å²) in [4.78, 5) is 28.0. The first-order chi connectivity index (χ1) is 30.8. The van der Waals surface area contributed by atoms with Crippen LogP contribution in [0.3, 0.4) is 0 Å². The molecule has 2 aliphatic carbocycles. The standard InChI is InChI=1S/C29H41NO3.C27H37NO3/c1-5-32-29(31)23-12-14-30(15-13-23)19-22-7-8-25-18-26(10-9-24(25)17-22)33-28-16-21(4)6-11-27(28)20(2)3;1-18(2)25-9-4-19(3)14-26(25)31-24-8-7-22-15-20(5-6-23(22)16-24)17-28-12-10-21(11-13-28)27(29)30/h7-10,17-18,20-21,23,27-28H,5-6,11-16,19H2,1-4H3;5-8,15-16,18-19,21,25-26H,4,9-14,17H2,1-3H3,(H,29,30)/t21-,27+,28?;19-,25+,26?/m11/s1. The molecule has 0 amide bonds. The van der Waals surface area contributed by atoms with Gasteiger partial charge in [-0.2, -0.15) is 0 Å². The predicted octanol–water partition coefficient (Wildman–Crippen LogP) is 12.4. The predicted molar refractivity (Wildman–Crippen MR) is 260 cm³/mol. The number of hydrogen-bond donors (Lipinski definition) is 1. The van der Waals surface area contributed by atoms with E-state index in [2.05, 4.69) is 124 Å². The third kappa shape index (κ3) is 12.8. The van der Waals surface area contributed by atoms with Crippen LogP contribution in [0.2, 0.25) is 0 Å². The SMILES string of the molecule is CC(C)[C@@H]1CC[C@@H](C)CC1Oc1ccc2cc(CN3CCC(C(=O)O)CC3)ccc2c1.CCOC(=O)C1CCN(Cc2ccc3cc(OC4C[C@H](C)CC[C@H]4C(C)C)ccc3c2)CC1. The molecular formula is C56H78N2O6. The van der Waals surface area contributed by atoms with Crippen molar-refractivity contribution in [3.63, 3.8) is 0 Å². The molecule has 348 valence electrons. The number of carboxylic acid groups (broad SMARTS) is 1. The van der Waals surface area contributed by atoms with Gasteiger partial charge in [0.1, 0.15) is 23.7 Å². The van der Waals surface area contributed by atoms with Crippen molar-refractivity contribution in [3.05, 3.63) is 83.9 Å². The van der Waals surface area contributed by atoms with Crippen molar-refractivity contribution < 1.29 is 28.9 Å². The third-order valence-electron chi connectivity index (χ3n) is 15.2. The van der Waals surface area contributed by atoms with Gasteiger partial charge < -0.3 is 19.3 Å². The van der Waals surface area contributed by atoms with Gasteiger partial charge in [0.25, 0.3) is 0 Å². The molecule has 4 aliphatic rings. The minimum atomic E-state index is -0.647. The minimum absolute atomic E-state index is 0.0247. The average molecular weight is 875 g/mol. The largest absolute Gasteiger partial charge is 0.490 e. The zero-order valence-corrected chi connectivity index (χ0v) is 40.1. The van der Waals surface area contributed by atoms with Gasteiger partial charge in [-0.15, -0.1) is 0 Å². The van der Waals surface area contributed by atoms with Gasteiger partial charge >= 0.3 is 11.9 Å². The molecule has 2 saturated carbocycles. The number of esters is 1. The molecule has 4 aromatic rings. The van der Waals surface area contributed by atoms with E-state index in [9.17, 15) is 14.7 Å². The number of benzene rings is 4. The molecule has 4 aromatic carbocycles. The van der Waals surface area contributed by atoms with Crippen LogP contribution in [0, 0.1) is 47.3 Å². The molecule has 2 aliphatic heterocycles. The highest BCUT2D eigenvalue weighted by Crippen LogP contribution is 2.38. The van der Waals surface area contributed by atoms with Gasteiger partial charge in [-0.1, -0.05) is 90.8 Å². The maximum atomic E-state index is 12.0. The molecular weight excluding hydrogens is 797 g/mol. The lowest BCUT2D eigenvalue weighted by molar-refractivity contribution is -0.149. The summed E-state index contributed by atoms with van der Waals surface area (Å²) in [6.45, 7) is 21.8. The minimum Gasteiger partial charge on any atom is -0.490 e. The summed E-state index contributed by atoms with van der Waals surface area (Å²) < 4.78 is 18.3. The van der Waals surface area contributed by atoms with E-state index in [-0.39, 0.29) is 17.8 Å². The van der Waals surface area contributed by atoms with Crippen molar-refractivity contribution in [1.29, 1.82) is 0 Å². The highest BCUT2D eigenvalue weighted by Gasteiger charge is 2.34. The van der Waals surface area contributed by atoms with Gasteiger partial charge in [0, 0.05) is 13.1 Å². The molecule has 0 spiro atoms. The fraction of sp³-hybridized carbons (Fsp3) is 0.607. The van der Waals surface area contributed by atoms with Crippen molar-refractivity contribution in [3.8, 4) is 11.5 Å². The Morgan fingerprint density at radius 3 is 1.39 bits per heavy atom. The zero-order chi connectivity index (χ0) is 45.3. The summed E-state index contributed by atoms with van der Waals surface area (Å²) in [5.74, 6) is 5.29. The molecule has 1 N–H and O–H groups in total. The lowest BCUT2D eigenvalue weighted by atomic mass is 9.75. The molecule has 64 heavy (non-hydrogen) atoms. The van der Waals surface area contributed by atoms with Crippen molar-refractivity contribution in [2.24, 2.45) is 47.3 Å².